The molecule has 0 N–H and O–H groups in total. The first-order valence-corrected chi connectivity index (χ1v) is 12.4. The third-order valence-corrected chi connectivity index (χ3v) is 9.17. The van der Waals surface area contributed by atoms with Crippen LogP contribution in [-0.2, 0) is 6.42 Å². The quantitative estimate of drug-likeness (QED) is 0.390. The second-order valence-corrected chi connectivity index (χ2v) is 10.6. The molecule has 2 heteroatoms. The number of thiophene rings is 2. The zero-order valence-electron chi connectivity index (χ0n) is 17.0. The van der Waals surface area contributed by atoms with Crippen molar-refractivity contribution in [3.8, 4) is 10.4 Å². The first kappa shape index (κ1) is 19.2. The monoisotopic (exact) mass is 396 g/mol. The van der Waals surface area contributed by atoms with Crippen molar-refractivity contribution in [1.82, 2.24) is 0 Å². The summed E-state index contributed by atoms with van der Waals surface area (Å²) in [5.74, 6) is 2.61. The van der Waals surface area contributed by atoms with Crippen molar-refractivity contribution in [3.05, 3.63) is 46.8 Å². The molecular formula is C25H32S2. The van der Waals surface area contributed by atoms with Gasteiger partial charge in [-0.1, -0.05) is 70.7 Å². The first-order chi connectivity index (χ1) is 13.2. The molecule has 1 atom stereocenters. The van der Waals surface area contributed by atoms with Crippen LogP contribution in [0.25, 0.3) is 19.8 Å². The summed E-state index contributed by atoms with van der Waals surface area (Å²) in [4.78, 5) is 3.03. The van der Waals surface area contributed by atoms with Gasteiger partial charge in [0, 0.05) is 19.2 Å². The van der Waals surface area contributed by atoms with Crippen molar-refractivity contribution < 1.29 is 0 Å². The topological polar surface area (TPSA) is 0 Å². The molecule has 0 amide bonds. The summed E-state index contributed by atoms with van der Waals surface area (Å²) >= 11 is 4.01. The van der Waals surface area contributed by atoms with Gasteiger partial charge >= 0.3 is 0 Å². The SMILES string of the molecule is CCCc1ccc(-c2cc3sc(C(C)C4CCC(CC)CC4)cc3s2)cc1. The molecule has 4 rings (SSSR count). The van der Waals surface area contributed by atoms with Crippen LogP contribution in [-0.4, -0.2) is 0 Å². The molecule has 3 aromatic rings. The van der Waals surface area contributed by atoms with E-state index in [2.05, 4.69) is 57.2 Å². The van der Waals surface area contributed by atoms with Crippen molar-refractivity contribution in [2.24, 2.45) is 11.8 Å². The van der Waals surface area contributed by atoms with Crippen molar-refractivity contribution in [2.75, 3.05) is 0 Å². The van der Waals surface area contributed by atoms with Crippen molar-refractivity contribution in [1.29, 1.82) is 0 Å². The summed E-state index contributed by atoms with van der Waals surface area (Å²) in [5.41, 5.74) is 2.82. The van der Waals surface area contributed by atoms with E-state index >= 15 is 0 Å². The van der Waals surface area contributed by atoms with E-state index in [9.17, 15) is 0 Å². The molecule has 1 aromatic carbocycles. The van der Waals surface area contributed by atoms with Crippen LogP contribution in [0.15, 0.2) is 36.4 Å². The van der Waals surface area contributed by atoms with Crippen LogP contribution in [0.3, 0.4) is 0 Å². The highest BCUT2D eigenvalue weighted by molar-refractivity contribution is 7.29. The smallest absolute Gasteiger partial charge is 0.0460 e. The maximum absolute atomic E-state index is 2.50. The third kappa shape index (κ3) is 4.17. The van der Waals surface area contributed by atoms with Gasteiger partial charge in [-0.05, 0) is 60.3 Å². The van der Waals surface area contributed by atoms with Gasteiger partial charge in [0.15, 0.2) is 0 Å². The van der Waals surface area contributed by atoms with E-state index in [4.69, 9.17) is 0 Å². The van der Waals surface area contributed by atoms with Gasteiger partial charge in [-0.15, -0.1) is 22.7 Å². The van der Waals surface area contributed by atoms with Crippen LogP contribution < -0.4 is 0 Å². The summed E-state index contributed by atoms with van der Waals surface area (Å²) in [7, 11) is 0. The summed E-state index contributed by atoms with van der Waals surface area (Å²) in [6.45, 7) is 7.08. The molecule has 1 unspecified atom stereocenters. The largest absolute Gasteiger partial charge is 0.139 e. The molecule has 1 aliphatic rings. The molecule has 0 radical (unpaired) electrons. The molecule has 0 nitrogen and oxygen atoms in total. The van der Waals surface area contributed by atoms with Gasteiger partial charge in [-0.2, -0.15) is 0 Å². The lowest BCUT2D eigenvalue weighted by atomic mass is 9.75. The normalized spacial score (nSPS) is 21.6. The van der Waals surface area contributed by atoms with Crippen molar-refractivity contribution >= 4 is 32.1 Å². The minimum absolute atomic E-state index is 0.726. The third-order valence-electron chi connectivity index (χ3n) is 6.63. The Balaban J connectivity index is 1.48. The molecule has 144 valence electrons. The van der Waals surface area contributed by atoms with Crippen LogP contribution >= 0.6 is 22.7 Å². The Kier molecular flexibility index (Phi) is 6.04. The lowest BCUT2D eigenvalue weighted by molar-refractivity contribution is 0.246. The molecule has 0 spiro atoms. The molecular weight excluding hydrogens is 364 g/mol. The van der Waals surface area contributed by atoms with Gasteiger partial charge in [0.05, 0.1) is 0 Å². The Hall–Kier alpha value is -1.12. The predicted molar refractivity (Wildman–Crippen MR) is 123 cm³/mol. The average Bonchev–Trinajstić information content (AvgIpc) is 3.28. The summed E-state index contributed by atoms with van der Waals surface area (Å²) in [6.07, 6.45) is 9.53. The number of rotatable bonds is 6. The van der Waals surface area contributed by atoms with Crippen LogP contribution in [0.1, 0.15) is 75.7 Å². The van der Waals surface area contributed by atoms with Gasteiger partial charge in [-0.25, -0.2) is 0 Å². The summed E-state index contributed by atoms with van der Waals surface area (Å²) in [5, 5.41) is 0. The molecule has 1 aliphatic carbocycles. The fourth-order valence-corrected chi connectivity index (χ4v) is 7.23. The Labute approximate surface area is 172 Å². The molecule has 0 saturated heterocycles. The Morgan fingerprint density at radius 2 is 1.63 bits per heavy atom. The molecule has 1 saturated carbocycles. The van der Waals surface area contributed by atoms with Crippen LogP contribution in [0, 0.1) is 11.8 Å². The Bertz CT molecular complexity index is 828. The number of benzene rings is 1. The van der Waals surface area contributed by atoms with Crippen LogP contribution in [0.2, 0.25) is 0 Å². The Morgan fingerprint density at radius 1 is 0.926 bits per heavy atom. The number of hydrogen-bond acceptors (Lipinski definition) is 2. The Morgan fingerprint density at radius 3 is 2.26 bits per heavy atom. The molecule has 1 fully saturated rings. The molecule has 2 aromatic heterocycles. The number of hydrogen-bond donors (Lipinski definition) is 0. The standard InChI is InChI=1S/C25H32S2/c1-4-6-19-9-13-21(14-10-19)23-16-25-24(27-23)15-22(26-25)17(3)20-11-7-18(5-2)8-12-20/h9-10,13-18,20H,4-8,11-12H2,1-3H3. The lowest BCUT2D eigenvalue weighted by Crippen LogP contribution is -2.18. The highest BCUT2D eigenvalue weighted by Gasteiger charge is 2.26. The highest BCUT2D eigenvalue weighted by Crippen LogP contribution is 2.45. The lowest BCUT2D eigenvalue weighted by Gasteiger charge is -2.31. The summed E-state index contributed by atoms with van der Waals surface area (Å²) < 4.78 is 2.97. The maximum atomic E-state index is 2.50. The molecule has 27 heavy (non-hydrogen) atoms. The number of aryl methyl sites for hydroxylation is 1. The van der Waals surface area contributed by atoms with E-state index in [-0.39, 0.29) is 0 Å². The summed E-state index contributed by atoms with van der Waals surface area (Å²) in [6, 6.07) is 14.1. The van der Waals surface area contributed by atoms with Crippen molar-refractivity contribution in [2.45, 2.75) is 71.6 Å². The van der Waals surface area contributed by atoms with E-state index < -0.39 is 0 Å². The van der Waals surface area contributed by atoms with Gasteiger partial charge in [0.25, 0.3) is 0 Å². The van der Waals surface area contributed by atoms with E-state index in [1.807, 2.05) is 22.7 Å². The van der Waals surface area contributed by atoms with Crippen LogP contribution in [0.4, 0.5) is 0 Å². The highest BCUT2D eigenvalue weighted by atomic mass is 32.1. The fraction of sp³-hybridized carbons (Fsp3) is 0.520. The van der Waals surface area contributed by atoms with Crippen LogP contribution in [0.5, 0.6) is 0 Å². The minimum atomic E-state index is 0.726. The van der Waals surface area contributed by atoms with E-state index in [1.165, 1.54) is 70.3 Å². The molecule has 0 bridgehead atoms. The van der Waals surface area contributed by atoms with E-state index in [0.29, 0.717) is 0 Å². The minimum Gasteiger partial charge on any atom is -0.139 e. The van der Waals surface area contributed by atoms with Gasteiger partial charge in [0.2, 0.25) is 0 Å². The number of fused-ring (bicyclic) bond motifs is 1. The molecule has 0 aliphatic heterocycles. The van der Waals surface area contributed by atoms with E-state index in [1.54, 1.807) is 4.88 Å². The van der Waals surface area contributed by atoms with Crippen molar-refractivity contribution in [3.63, 3.8) is 0 Å². The first-order valence-electron chi connectivity index (χ1n) is 10.8. The van der Waals surface area contributed by atoms with Gasteiger partial charge in [0.1, 0.15) is 0 Å². The second-order valence-electron chi connectivity index (χ2n) is 8.41. The maximum Gasteiger partial charge on any atom is 0.0460 e. The van der Waals surface area contributed by atoms with Gasteiger partial charge < -0.3 is 0 Å². The zero-order valence-corrected chi connectivity index (χ0v) is 18.6. The zero-order chi connectivity index (χ0) is 18.8. The van der Waals surface area contributed by atoms with E-state index in [0.717, 1.165) is 17.8 Å². The fourth-order valence-electron chi connectivity index (χ4n) is 4.67. The van der Waals surface area contributed by atoms with Gasteiger partial charge in [-0.3, -0.25) is 0 Å². The molecule has 2 heterocycles. The average molecular weight is 397 g/mol. The second kappa shape index (κ2) is 8.49. The predicted octanol–water partition coefficient (Wildman–Crippen LogP) is 8.90.